The molecule has 5 nitrogen and oxygen atoms in total. The lowest BCUT2D eigenvalue weighted by Gasteiger charge is -2.15. The van der Waals surface area contributed by atoms with Crippen molar-refractivity contribution in [1.82, 2.24) is 14.5 Å². The molecule has 0 aliphatic rings. The Balaban J connectivity index is 2.37. The first kappa shape index (κ1) is 14.8. The Morgan fingerprint density at radius 3 is 2.43 bits per heavy atom. The fourth-order valence-corrected chi connectivity index (χ4v) is 2.74. The summed E-state index contributed by atoms with van der Waals surface area (Å²) in [4.78, 5) is 8.80. The first-order chi connectivity index (χ1) is 11.0. The lowest BCUT2D eigenvalue weighted by Crippen LogP contribution is -2.05. The van der Waals surface area contributed by atoms with Crippen LogP contribution in [0.15, 0.2) is 36.5 Å². The molecular weight excluding hydrogens is 286 g/mol. The highest BCUT2D eigenvalue weighted by Gasteiger charge is 2.20. The predicted octanol–water partition coefficient (Wildman–Crippen LogP) is 3.22. The van der Waals surface area contributed by atoms with Crippen molar-refractivity contribution in [3.8, 4) is 28.6 Å². The van der Waals surface area contributed by atoms with Crippen LogP contribution in [-0.4, -0.2) is 14.5 Å². The van der Waals surface area contributed by atoms with E-state index in [9.17, 15) is 5.26 Å². The van der Waals surface area contributed by atoms with Crippen LogP contribution in [0.3, 0.4) is 0 Å². The Morgan fingerprint density at radius 1 is 1.17 bits per heavy atom. The standard InChI is InChI=1S/C18H17N5/c1-11-16(15-10-21-12(2)23(15)3)14(9-19)18(20)22-17(11)13-7-5-4-6-8-13/h4-8,10H,1-3H3,(H2,20,22). The summed E-state index contributed by atoms with van der Waals surface area (Å²) in [5, 5.41) is 9.54. The molecule has 0 saturated carbocycles. The zero-order valence-electron chi connectivity index (χ0n) is 13.3. The van der Waals surface area contributed by atoms with Gasteiger partial charge < -0.3 is 10.3 Å². The molecule has 2 heterocycles. The highest BCUT2D eigenvalue weighted by Crippen LogP contribution is 2.35. The Hall–Kier alpha value is -3.13. The smallest absolute Gasteiger partial charge is 0.142 e. The molecular formula is C18H17N5. The van der Waals surface area contributed by atoms with Crippen LogP contribution in [0.25, 0.3) is 22.5 Å². The second kappa shape index (κ2) is 5.58. The van der Waals surface area contributed by atoms with Gasteiger partial charge in [-0.05, 0) is 19.4 Å². The van der Waals surface area contributed by atoms with Gasteiger partial charge in [-0.15, -0.1) is 0 Å². The molecule has 3 aromatic rings. The van der Waals surface area contributed by atoms with Crippen LogP contribution < -0.4 is 5.73 Å². The van der Waals surface area contributed by atoms with E-state index in [0.717, 1.165) is 33.9 Å². The van der Waals surface area contributed by atoms with Crippen molar-refractivity contribution in [1.29, 1.82) is 5.26 Å². The first-order valence-corrected chi connectivity index (χ1v) is 7.29. The van der Waals surface area contributed by atoms with Gasteiger partial charge in [0, 0.05) is 18.2 Å². The molecule has 0 unspecified atom stereocenters. The van der Waals surface area contributed by atoms with Crippen molar-refractivity contribution >= 4 is 5.82 Å². The first-order valence-electron chi connectivity index (χ1n) is 7.29. The number of benzene rings is 1. The van der Waals surface area contributed by atoms with E-state index in [1.165, 1.54) is 0 Å². The van der Waals surface area contributed by atoms with Gasteiger partial charge in [0.05, 0.1) is 17.6 Å². The monoisotopic (exact) mass is 303 g/mol. The van der Waals surface area contributed by atoms with Gasteiger partial charge in [0.25, 0.3) is 0 Å². The zero-order chi connectivity index (χ0) is 16.6. The summed E-state index contributed by atoms with van der Waals surface area (Å²) >= 11 is 0. The third kappa shape index (κ3) is 2.34. The number of hydrogen-bond acceptors (Lipinski definition) is 4. The minimum absolute atomic E-state index is 0.241. The Morgan fingerprint density at radius 2 is 1.87 bits per heavy atom. The molecule has 5 heteroatoms. The van der Waals surface area contributed by atoms with E-state index < -0.39 is 0 Å². The average Bonchev–Trinajstić information content (AvgIpc) is 2.89. The van der Waals surface area contributed by atoms with Gasteiger partial charge >= 0.3 is 0 Å². The minimum atomic E-state index is 0.241. The highest BCUT2D eigenvalue weighted by atomic mass is 15.1. The molecule has 0 aliphatic carbocycles. The summed E-state index contributed by atoms with van der Waals surface area (Å²) in [5.74, 6) is 1.12. The van der Waals surface area contributed by atoms with Gasteiger partial charge in [0.2, 0.25) is 0 Å². The number of pyridine rings is 1. The third-order valence-corrected chi connectivity index (χ3v) is 4.10. The van der Waals surface area contributed by atoms with Gasteiger partial charge in [0.1, 0.15) is 23.3 Å². The molecule has 1 aromatic carbocycles. The van der Waals surface area contributed by atoms with Crippen molar-refractivity contribution in [2.75, 3.05) is 5.73 Å². The van der Waals surface area contributed by atoms with Crippen molar-refractivity contribution < 1.29 is 0 Å². The van der Waals surface area contributed by atoms with Crippen molar-refractivity contribution in [2.24, 2.45) is 7.05 Å². The molecule has 0 spiro atoms. The summed E-state index contributed by atoms with van der Waals surface area (Å²) in [6.45, 7) is 3.89. The molecule has 2 aromatic heterocycles. The van der Waals surface area contributed by atoms with Crippen LogP contribution in [0, 0.1) is 25.2 Å². The van der Waals surface area contributed by atoms with Gasteiger partial charge in [-0.1, -0.05) is 30.3 Å². The summed E-state index contributed by atoms with van der Waals surface area (Å²) in [5.41, 5.74) is 10.8. The van der Waals surface area contributed by atoms with Gasteiger partial charge in [-0.2, -0.15) is 5.26 Å². The van der Waals surface area contributed by atoms with E-state index in [-0.39, 0.29) is 5.82 Å². The average molecular weight is 303 g/mol. The van der Waals surface area contributed by atoms with E-state index in [0.29, 0.717) is 5.56 Å². The summed E-state index contributed by atoms with van der Waals surface area (Å²) in [6.07, 6.45) is 1.77. The maximum absolute atomic E-state index is 9.54. The predicted molar refractivity (Wildman–Crippen MR) is 90.5 cm³/mol. The Bertz CT molecular complexity index is 917. The van der Waals surface area contributed by atoms with Crippen LogP contribution in [0.4, 0.5) is 5.82 Å². The highest BCUT2D eigenvalue weighted by molar-refractivity contribution is 5.82. The number of nitrogens with zero attached hydrogens (tertiary/aromatic N) is 4. The zero-order valence-corrected chi connectivity index (χ0v) is 13.3. The summed E-state index contributed by atoms with van der Waals surface area (Å²) < 4.78 is 1.96. The van der Waals surface area contributed by atoms with E-state index in [2.05, 4.69) is 16.0 Å². The number of aryl methyl sites for hydroxylation is 1. The van der Waals surface area contributed by atoms with Crippen LogP contribution in [0.1, 0.15) is 17.0 Å². The van der Waals surface area contributed by atoms with Gasteiger partial charge in [-0.25, -0.2) is 9.97 Å². The molecule has 0 bridgehead atoms. The molecule has 0 radical (unpaired) electrons. The summed E-state index contributed by atoms with van der Waals surface area (Å²) in [7, 11) is 1.93. The molecule has 0 atom stereocenters. The second-order valence-electron chi connectivity index (χ2n) is 5.45. The molecule has 0 amide bonds. The van der Waals surface area contributed by atoms with E-state index in [1.54, 1.807) is 6.20 Å². The second-order valence-corrected chi connectivity index (χ2v) is 5.45. The van der Waals surface area contributed by atoms with Crippen LogP contribution >= 0.6 is 0 Å². The molecule has 23 heavy (non-hydrogen) atoms. The van der Waals surface area contributed by atoms with E-state index in [4.69, 9.17) is 5.73 Å². The fourth-order valence-electron chi connectivity index (χ4n) is 2.74. The van der Waals surface area contributed by atoms with Crippen LogP contribution in [-0.2, 0) is 7.05 Å². The number of imidazole rings is 1. The maximum Gasteiger partial charge on any atom is 0.142 e. The number of nitrogen functional groups attached to an aromatic ring is 1. The lowest BCUT2D eigenvalue weighted by molar-refractivity contribution is 0.864. The van der Waals surface area contributed by atoms with E-state index in [1.807, 2.05) is 55.8 Å². The van der Waals surface area contributed by atoms with Crippen molar-refractivity contribution in [2.45, 2.75) is 13.8 Å². The fraction of sp³-hybridized carbons (Fsp3) is 0.167. The van der Waals surface area contributed by atoms with Crippen LogP contribution in [0.5, 0.6) is 0 Å². The molecule has 0 fully saturated rings. The number of anilines is 1. The number of nitrogens with two attached hydrogens (primary N) is 1. The maximum atomic E-state index is 9.54. The molecule has 0 saturated heterocycles. The van der Waals surface area contributed by atoms with Crippen LogP contribution in [0.2, 0.25) is 0 Å². The SMILES string of the molecule is Cc1c(-c2ccccc2)nc(N)c(C#N)c1-c1cnc(C)n1C. The molecule has 0 aliphatic heterocycles. The largest absolute Gasteiger partial charge is 0.383 e. The molecule has 3 rings (SSSR count). The third-order valence-electron chi connectivity index (χ3n) is 4.10. The minimum Gasteiger partial charge on any atom is -0.383 e. The normalized spacial score (nSPS) is 10.5. The topological polar surface area (TPSA) is 80.5 Å². The van der Waals surface area contributed by atoms with Gasteiger partial charge in [-0.3, -0.25) is 0 Å². The van der Waals surface area contributed by atoms with Crippen molar-refractivity contribution in [3.63, 3.8) is 0 Å². The number of hydrogen-bond donors (Lipinski definition) is 1. The van der Waals surface area contributed by atoms with Gasteiger partial charge in [0.15, 0.2) is 0 Å². The van der Waals surface area contributed by atoms with E-state index >= 15 is 0 Å². The molecule has 114 valence electrons. The summed E-state index contributed by atoms with van der Waals surface area (Å²) in [6, 6.07) is 12.0. The number of rotatable bonds is 2. The quantitative estimate of drug-likeness (QED) is 0.788. The Kier molecular flexibility index (Phi) is 3.59. The number of nitriles is 1. The molecule has 2 N–H and O–H groups in total. The number of aromatic nitrogens is 3. The van der Waals surface area contributed by atoms with Crippen molar-refractivity contribution in [3.05, 3.63) is 53.5 Å². The Labute approximate surface area is 135 Å². The lowest BCUT2D eigenvalue weighted by atomic mass is 9.96.